The first-order valence-corrected chi connectivity index (χ1v) is 6.87. The molecular formula is C17H19F2N. The van der Waals surface area contributed by atoms with Crippen LogP contribution in [0.15, 0.2) is 48.5 Å². The molecule has 0 heterocycles. The average molecular weight is 275 g/mol. The van der Waals surface area contributed by atoms with Crippen molar-refractivity contribution < 1.29 is 8.78 Å². The van der Waals surface area contributed by atoms with Crippen LogP contribution in [0, 0.1) is 11.6 Å². The highest BCUT2D eigenvalue weighted by atomic mass is 19.2. The first-order chi connectivity index (χ1) is 9.65. The van der Waals surface area contributed by atoms with Crippen molar-refractivity contribution >= 4 is 0 Å². The van der Waals surface area contributed by atoms with Gasteiger partial charge >= 0.3 is 0 Å². The highest BCUT2D eigenvalue weighted by molar-refractivity contribution is 5.29. The molecule has 0 aliphatic rings. The molecule has 2 aromatic carbocycles. The molecule has 106 valence electrons. The zero-order valence-corrected chi connectivity index (χ0v) is 11.7. The smallest absolute Gasteiger partial charge is 0.163 e. The van der Waals surface area contributed by atoms with E-state index in [-0.39, 0.29) is 12.0 Å². The molecule has 3 heteroatoms. The molecule has 2 atom stereocenters. The molecule has 1 N–H and O–H groups in total. The molecule has 0 saturated carbocycles. The van der Waals surface area contributed by atoms with E-state index in [2.05, 4.69) is 5.32 Å². The van der Waals surface area contributed by atoms with Crippen molar-refractivity contribution in [2.24, 2.45) is 0 Å². The maximum absolute atomic E-state index is 14.0. The van der Waals surface area contributed by atoms with E-state index in [1.807, 2.05) is 44.2 Å². The summed E-state index contributed by atoms with van der Waals surface area (Å²) >= 11 is 0. The third kappa shape index (κ3) is 3.05. The zero-order valence-electron chi connectivity index (χ0n) is 11.7. The van der Waals surface area contributed by atoms with Crippen molar-refractivity contribution in [3.63, 3.8) is 0 Å². The van der Waals surface area contributed by atoms with E-state index in [1.165, 1.54) is 0 Å². The summed E-state index contributed by atoms with van der Waals surface area (Å²) in [5, 5.41) is 3.26. The first kappa shape index (κ1) is 14.7. The highest BCUT2D eigenvalue weighted by Crippen LogP contribution is 2.32. The Bertz CT molecular complexity index is 554. The Kier molecular flexibility index (Phi) is 4.85. The number of likely N-dealkylation sites (N-methyl/N-ethyl adjacent to an activating group) is 1. The van der Waals surface area contributed by atoms with E-state index < -0.39 is 11.6 Å². The molecular weight excluding hydrogens is 256 g/mol. The summed E-state index contributed by atoms with van der Waals surface area (Å²) in [6, 6.07) is 14.0. The van der Waals surface area contributed by atoms with Gasteiger partial charge in [-0.2, -0.15) is 0 Å². The second-order valence-electron chi connectivity index (χ2n) is 4.88. The third-order valence-electron chi connectivity index (χ3n) is 3.57. The second kappa shape index (κ2) is 6.62. The quantitative estimate of drug-likeness (QED) is 0.851. The number of benzene rings is 2. The van der Waals surface area contributed by atoms with Gasteiger partial charge in [0.1, 0.15) is 0 Å². The van der Waals surface area contributed by atoms with Crippen LogP contribution >= 0.6 is 0 Å². The van der Waals surface area contributed by atoms with Gasteiger partial charge in [0.15, 0.2) is 11.6 Å². The third-order valence-corrected chi connectivity index (χ3v) is 3.57. The van der Waals surface area contributed by atoms with Gasteiger partial charge in [-0.05, 0) is 18.2 Å². The number of hydrogen-bond donors (Lipinski definition) is 1. The number of hydrogen-bond acceptors (Lipinski definition) is 1. The topological polar surface area (TPSA) is 12.0 Å². The van der Waals surface area contributed by atoms with Crippen molar-refractivity contribution in [2.75, 3.05) is 6.54 Å². The molecule has 0 radical (unpaired) electrons. The minimum Gasteiger partial charge on any atom is -0.310 e. The van der Waals surface area contributed by atoms with Crippen LogP contribution in [0.25, 0.3) is 0 Å². The van der Waals surface area contributed by atoms with E-state index in [4.69, 9.17) is 0 Å². The van der Waals surface area contributed by atoms with Crippen LogP contribution in [0.3, 0.4) is 0 Å². The summed E-state index contributed by atoms with van der Waals surface area (Å²) in [4.78, 5) is 0. The standard InChI is InChI=1S/C17H19F2N/c1-3-20-17(12(2)13-8-5-4-6-9-13)14-10-7-11-15(18)16(14)19/h4-12,17,20H,3H2,1-2H3. The van der Waals surface area contributed by atoms with Gasteiger partial charge in [0, 0.05) is 17.5 Å². The molecule has 2 rings (SSSR count). The molecule has 0 fully saturated rings. The molecule has 20 heavy (non-hydrogen) atoms. The predicted octanol–water partition coefficient (Wildman–Crippen LogP) is 4.42. The summed E-state index contributed by atoms with van der Waals surface area (Å²) in [5.41, 5.74) is 1.48. The van der Waals surface area contributed by atoms with Gasteiger partial charge in [-0.1, -0.05) is 56.3 Å². The van der Waals surface area contributed by atoms with Gasteiger partial charge in [-0.15, -0.1) is 0 Å². The molecule has 0 saturated heterocycles. The normalized spacial score (nSPS) is 14.0. The molecule has 0 aliphatic carbocycles. The van der Waals surface area contributed by atoms with Crippen LogP contribution in [0.1, 0.15) is 36.9 Å². The van der Waals surface area contributed by atoms with Gasteiger partial charge < -0.3 is 5.32 Å². The van der Waals surface area contributed by atoms with Gasteiger partial charge in [0.25, 0.3) is 0 Å². The predicted molar refractivity (Wildman–Crippen MR) is 77.6 cm³/mol. The Hall–Kier alpha value is -1.74. The van der Waals surface area contributed by atoms with Crippen LogP contribution in [0.5, 0.6) is 0 Å². The van der Waals surface area contributed by atoms with Crippen LogP contribution in [-0.4, -0.2) is 6.54 Å². The number of rotatable bonds is 5. The van der Waals surface area contributed by atoms with Crippen LogP contribution < -0.4 is 5.32 Å². The van der Waals surface area contributed by atoms with Crippen molar-refractivity contribution in [2.45, 2.75) is 25.8 Å². The SMILES string of the molecule is CCNC(c1cccc(F)c1F)C(C)c1ccccc1. The lowest BCUT2D eigenvalue weighted by atomic mass is 9.88. The van der Waals surface area contributed by atoms with Gasteiger partial charge in [0.05, 0.1) is 0 Å². The Morgan fingerprint density at radius 3 is 2.35 bits per heavy atom. The molecule has 2 aromatic rings. The summed E-state index contributed by atoms with van der Waals surface area (Å²) < 4.78 is 27.5. The van der Waals surface area contributed by atoms with Crippen molar-refractivity contribution in [1.82, 2.24) is 5.32 Å². The summed E-state index contributed by atoms with van der Waals surface area (Å²) in [6.45, 7) is 4.67. The van der Waals surface area contributed by atoms with E-state index in [0.717, 1.165) is 11.6 Å². The Morgan fingerprint density at radius 2 is 1.70 bits per heavy atom. The average Bonchev–Trinajstić information content (AvgIpc) is 2.48. The molecule has 0 aliphatic heterocycles. The van der Waals surface area contributed by atoms with E-state index in [0.29, 0.717) is 12.1 Å². The molecule has 2 unspecified atom stereocenters. The Morgan fingerprint density at radius 1 is 1.00 bits per heavy atom. The van der Waals surface area contributed by atoms with Crippen molar-refractivity contribution in [3.05, 3.63) is 71.3 Å². The fraction of sp³-hybridized carbons (Fsp3) is 0.294. The molecule has 0 aromatic heterocycles. The summed E-state index contributed by atoms with van der Waals surface area (Å²) in [5.74, 6) is -1.51. The first-order valence-electron chi connectivity index (χ1n) is 6.87. The molecule has 1 nitrogen and oxygen atoms in total. The van der Waals surface area contributed by atoms with Gasteiger partial charge in [-0.25, -0.2) is 8.78 Å². The highest BCUT2D eigenvalue weighted by Gasteiger charge is 2.24. The van der Waals surface area contributed by atoms with Gasteiger partial charge in [0.2, 0.25) is 0 Å². The molecule has 0 spiro atoms. The molecule has 0 amide bonds. The fourth-order valence-corrected chi connectivity index (χ4v) is 2.49. The minimum atomic E-state index is -0.800. The number of halogens is 2. The van der Waals surface area contributed by atoms with E-state index in [1.54, 1.807) is 12.1 Å². The maximum Gasteiger partial charge on any atom is 0.163 e. The number of nitrogens with one attached hydrogen (secondary N) is 1. The lowest BCUT2D eigenvalue weighted by Gasteiger charge is -2.26. The zero-order chi connectivity index (χ0) is 14.5. The van der Waals surface area contributed by atoms with Crippen molar-refractivity contribution in [3.8, 4) is 0 Å². The van der Waals surface area contributed by atoms with E-state index >= 15 is 0 Å². The minimum absolute atomic E-state index is 0.0486. The Balaban J connectivity index is 2.38. The second-order valence-corrected chi connectivity index (χ2v) is 4.88. The van der Waals surface area contributed by atoms with Crippen LogP contribution in [-0.2, 0) is 0 Å². The van der Waals surface area contributed by atoms with Crippen molar-refractivity contribution in [1.29, 1.82) is 0 Å². The summed E-state index contributed by atoms with van der Waals surface area (Å²) in [6.07, 6.45) is 0. The maximum atomic E-state index is 14.0. The lowest BCUT2D eigenvalue weighted by Crippen LogP contribution is -2.27. The largest absolute Gasteiger partial charge is 0.310 e. The van der Waals surface area contributed by atoms with Crippen LogP contribution in [0.2, 0.25) is 0 Å². The lowest BCUT2D eigenvalue weighted by molar-refractivity contribution is 0.433. The van der Waals surface area contributed by atoms with Gasteiger partial charge in [-0.3, -0.25) is 0 Å². The van der Waals surface area contributed by atoms with E-state index in [9.17, 15) is 8.78 Å². The monoisotopic (exact) mass is 275 g/mol. The van der Waals surface area contributed by atoms with Crippen LogP contribution in [0.4, 0.5) is 8.78 Å². The summed E-state index contributed by atoms with van der Waals surface area (Å²) in [7, 11) is 0. The Labute approximate surface area is 118 Å². The fourth-order valence-electron chi connectivity index (χ4n) is 2.49. The molecule has 0 bridgehead atoms.